The van der Waals surface area contributed by atoms with Crippen molar-refractivity contribution in [2.45, 2.75) is 19.3 Å². The van der Waals surface area contributed by atoms with E-state index in [1.807, 2.05) is 6.07 Å². The van der Waals surface area contributed by atoms with E-state index in [1.165, 1.54) is 11.1 Å². The number of imide groups is 1. The predicted octanol–water partition coefficient (Wildman–Crippen LogP) is 2.01. The van der Waals surface area contributed by atoms with E-state index in [-0.39, 0.29) is 23.7 Å². The van der Waals surface area contributed by atoms with Gasteiger partial charge in [0.2, 0.25) is 17.3 Å². The molecule has 3 fully saturated rings. The molecule has 5 nitrogen and oxygen atoms in total. The molecule has 2 amide bonds. The number of pyridine rings is 1. The first-order valence-corrected chi connectivity index (χ1v) is 8.15. The summed E-state index contributed by atoms with van der Waals surface area (Å²) in [4.78, 5) is 27.0. The lowest BCUT2D eigenvalue weighted by atomic mass is 9.81. The number of nitrogens with zero attached hydrogens (tertiary/aromatic N) is 2. The second-order valence-electron chi connectivity index (χ2n) is 6.97. The monoisotopic (exact) mass is 308 g/mol. The quantitative estimate of drug-likeness (QED) is 0.460. The van der Waals surface area contributed by atoms with Crippen molar-refractivity contribution in [2.75, 3.05) is 4.90 Å². The summed E-state index contributed by atoms with van der Waals surface area (Å²) in [6.45, 7) is 0. The molecule has 1 aliphatic heterocycles. The van der Waals surface area contributed by atoms with Gasteiger partial charge in [-0.3, -0.25) is 14.5 Å². The third kappa shape index (κ3) is 1.59. The summed E-state index contributed by atoms with van der Waals surface area (Å²) >= 11 is 0. The first-order chi connectivity index (χ1) is 11.1. The van der Waals surface area contributed by atoms with E-state index in [9.17, 15) is 14.8 Å². The Labute approximate surface area is 133 Å². The van der Waals surface area contributed by atoms with Crippen LogP contribution in [0.3, 0.4) is 0 Å². The number of hydrogen-bond acceptors (Lipinski definition) is 3. The molecule has 2 bridgehead atoms. The lowest BCUT2D eigenvalue weighted by Crippen LogP contribution is -2.33. The number of benzene rings is 1. The Morgan fingerprint density at radius 3 is 2.43 bits per heavy atom. The van der Waals surface area contributed by atoms with Gasteiger partial charge in [-0.1, -0.05) is 0 Å². The summed E-state index contributed by atoms with van der Waals surface area (Å²) in [7, 11) is 0. The highest BCUT2D eigenvalue weighted by atomic mass is 16.5. The molecule has 2 saturated carbocycles. The van der Waals surface area contributed by atoms with Crippen LogP contribution in [0.4, 0.5) is 5.69 Å². The minimum absolute atomic E-state index is 0.0440. The number of anilines is 1. The van der Waals surface area contributed by atoms with Crippen LogP contribution in [0.15, 0.2) is 36.5 Å². The summed E-state index contributed by atoms with van der Waals surface area (Å²) in [5.74, 6) is 0.454. The fraction of sp³-hybridized carbons (Fsp3) is 0.389. The van der Waals surface area contributed by atoms with Crippen molar-refractivity contribution in [3.05, 3.63) is 41.7 Å². The molecule has 5 rings (SSSR count). The number of carbonyl (C=O) groups is 2. The van der Waals surface area contributed by atoms with Crippen LogP contribution >= 0.6 is 0 Å². The molecule has 2 aromatic rings. The average Bonchev–Trinajstić information content (AvgIpc) is 3.21. The van der Waals surface area contributed by atoms with E-state index >= 15 is 0 Å². The van der Waals surface area contributed by atoms with Crippen molar-refractivity contribution >= 4 is 28.4 Å². The molecule has 5 heteroatoms. The zero-order chi connectivity index (χ0) is 15.7. The smallest absolute Gasteiger partial charge is 0.237 e. The molecule has 2 aliphatic carbocycles. The zero-order valence-electron chi connectivity index (χ0n) is 12.5. The van der Waals surface area contributed by atoms with Crippen molar-refractivity contribution in [3.63, 3.8) is 0 Å². The van der Waals surface area contributed by atoms with Gasteiger partial charge < -0.3 is 5.21 Å². The van der Waals surface area contributed by atoms with Crippen LogP contribution in [-0.2, 0) is 9.59 Å². The molecular weight excluding hydrogens is 292 g/mol. The molecule has 1 aromatic carbocycles. The largest absolute Gasteiger partial charge is 0.618 e. The molecule has 0 radical (unpaired) electrons. The van der Waals surface area contributed by atoms with E-state index in [0.717, 1.165) is 29.4 Å². The minimum atomic E-state index is -0.114. The Morgan fingerprint density at radius 1 is 1.04 bits per heavy atom. The van der Waals surface area contributed by atoms with Crippen molar-refractivity contribution in [1.82, 2.24) is 0 Å². The van der Waals surface area contributed by atoms with Crippen LogP contribution in [0.25, 0.3) is 10.9 Å². The van der Waals surface area contributed by atoms with Crippen LogP contribution in [-0.4, -0.2) is 11.8 Å². The summed E-state index contributed by atoms with van der Waals surface area (Å²) < 4.78 is 0.793. The summed E-state index contributed by atoms with van der Waals surface area (Å²) in [6, 6.07) is 8.64. The molecule has 3 aliphatic rings. The molecule has 1 saturated heterocycles. The second-order valence-corrected chi connectivity index (χ2v) is 6.97. The van der Waals surface area contributed by atoms with Crippen molar-refractivity contribution in [1.29, 1.82) is 0 Å². The fourth-order valence-electron chi connectivity index (χ4n) is 4.98. The molecule has 4 atom stereocenters. The molecule has 116 valence electrons. The molecule has 23 heavy (non-hydrogen) atoms. The highest BCUT2D eigenvalue weighted by molar-refractivity contribution is 6.23. The summed E-state index contributed by atoms with van der Waals surface area (Å²) in [5, 5.41) is 12.5. The maximum absolute atomic E-state index is 12.8. The number of aromatic nitrogens is 1. The number of amides is 2. The van der Waals surface area contributed by atoms with Gasteiger partial charge in [-0.25, -0.2) is 0 Å². The zero-order valence-corrected chi connectivity index (χ0v) is 12.5. The Morgan fingerprint density at radius 2 is 1.74 bits per heavy atom. The van der Waals surface area contributed by atoms with Crippen molar-refractivity contribution in [2.24, 2.45) is 23.7 Å². The second kappa shape index (κ2) is 4.31. The molecule has 0 N–H and O–H groups in total. The van der Waals surface area contributed by atoms with Crippen LogP contribution in [0.5, 0.6) is 0 Å². The Kier molecular flexibility index (Phi) is 2.45. The van der Waals surface area contributed by atoms with Crippen LogP contribution in [0.2, 0.25) is 0 Å². The van der Waals surface area contributed by atoms with E-state index in [4.69, 9.17) is 0 Å². The highest BCUT2D eigenvalue weighted by Crippen LogP contribution is 2.56. The fourth-order valence-corrected chi connectivity index (χ4v) is 4.98. The summed E-state index contributed by atoms with van der Waals surface area (Å²) in [5.41, 5.74) is 1.13. The van der Waals surface area contributed by atoms with Gasteiger partial charge in [0.1, 0.15) is 0 Å². The lowest BCUT2D eigenvalue weighted by Gasteiger charge is -2.19. The topological polar surface area (TPSA) is 64.3 Å². The number of carbonyl (C=O) groups excluding carboxylic acids is 2. The molecular formula is C18H16N2O3. The van der Waals surface area contributed by atoms with Gasteiger partial charge in [-0.2, -0.15) is 4.73 Å². The predicted molar refractivity (Wildman–Crippen MR) is 83.2 cm³/mol. The maximum Gasteiger partial charge on any atom is 0.237 e. The Hall–Kier alpha value is -2.43. The van der Waals surface area contributed by atoms with Crippen LogP contribution < -0.4 is 9.63 Å². The molecule has 1 aromatic heterocycles. The van der Waals surface area contributed by atoms with Gasteiger partial charge >= 0.3 is 0 Å². The van der Waals surface area contributed by atoms with Crippen LogP contribution in [0, 0.1) is 28.9 Å². The van der Waals surface area contributed by atoms with E-state index in [1.54, 1.807) is 24.3 Å². The van der Waals surface area contributed by atoms with E-state index in [2.05, 4.69) is 0 Å². The van der Waals surface area contributed by atoms with Gasteiger partial charge in [-0.05, 0) is 49.3 Å². The SMILES string of the molecule is O=C1[C@@H]2[C@@H]3CC[C@@H](C3)[C@@H]2C(=O)N1c1ccc2c(ccc[n+]2[O-])c1. The van der Waals surface area contributed by atoms with Gasteiger partial charge in [-0.15, -0.1) is 0 Å². The lowest BCUT2D eigenvalue weighted by molar-refractivity contribution is -0.577. The highest BCUT2D eigenvalue weighted by Gasteiger charge is 2.61. The standard InChI is InChI=1S/C18H16N2O3/c21-17-15-11-3-4-12(8-11)16(15)18(22)20(17)13-5-6-14-10(9-13)2-1-7-19(14)23/h1-2,5-7,9,11-12,15-16H,3-4,8H2/t11-,12+,15-,16+. The molecule has 2 heterocycles. The van der Waals surface area contributed by atoms with Crippen molar-refractivity contribution in [3.8, 4) is 0 Å². The maximum atomic E-state index is 12.8. The normalized spacial score (nSPS) is 32.1. The molecule has 0 unspecified atom stereocenters. The third-order valence-electron chi connectivity index (χ3n) is 5.93. The number of fused-ring (bicyclic) bond motifs is 6. The Bertz CT molecular complexity index is 834. The van der Waals surface area contributed by atoms with Crippen molar-refractivity contribution < 1.29 is 14.3 Å². The average molecular weight is 308 g/mol. The molecule has 0 spiro atoms. The third-order valence-corrected chi connectivity index (χ3v) is 5.93. The first kappa shape index (κ1) is 13.0. The van der Waals surface area contributed by atoms with Gasteiger partial charge in [0.05, 0.1) is 17.5 Å². The first-order valence-electron chi connectivity index (χ1n) is 8.15. The van der Waals surface area contributed by atoms with Gasteiger partial charge in [0.15, 0.2) is 6.20 Å². The van der Waals surface area contributed by atoms with E-state index < -0.39 is 0 Å². The van der Waals surface area contributed by atoms with E-state index in [0.29, 0.717) is 23.0 Å². The van der Waals surface area contributed by atoms with Gasteiger partial charge in [0, 0.05) is 17.5 Å². The Balaban J connectivity index is 1.60. The van der Waals surface area contributed by atoms with Crippen LogP contribution in [0.1, 0.15) is 19.3 Å². The number of rotatable bonds is 1. The number of hydrogen-bond donors (Lipinski definition) is 0. The van der Waals surface area contributed by atoms with Gasteiger partial charge in [0.25, 0.3) is 0 Å². The minimum Gasteiger partial charge on any atom is -0.618 e. The summed E-state index contributed by atoms with van der Waals surface area (Å²) in [6.07, 6.45) is 4.63.